The minimum Gasteiger partial charge on any atom is -0.493 e. The van der Waals surface area contributed by atoms with Crippen LogP contribution < -0.4 is 9.46 Å². The monoisotopic (exact) mass is 271 g/mol. The van der Waals surface area contributed by atoms with Crippen molar-refractivity contribution >= 4 is 11.0 Å². The highest BCUT2D eigenvalue weighted by Gasteiger charge is 2.27. The van der Waals surface area contributed by atoms with E-state index in [1.165, 1.54) is 12.1 Å². The van der Waals surface area contributed by atoms with Crippen molar-refractivity contribution in [3.8, 4) is 5.75 Å². The topological polar surface area (TPSA) is 38.3 Å². The third-order valence-electron chi connectivity index (χ3n) is 2.82. The van der Waals surface area contributed by atoms with Gasteiger partial charge in [0, 0.05) is 18.1 Å². The Morgan fingerprint density at radius 1 is 1.44 bits per heavy atom. The minimum absolute atomic E-state index is 0.0468. The lowest BCUT2D eigenvalue weighted by atomic mass is 10.0. The SMILES string of the molecule is CC(C)(C)[S@@](=O)N[C@H]1CCOc2cc(F)ccc21. The average molecular weight is 271 g/mol. The third kappa shape index (κ3) is 2.90. The lowest BCUT2D eigenvalue weighted by molar-refractivity contribution is 0.262. The Labute approximate surface area is 109 Å². The predicted molar refractivity (Wildman–Crippen MR) is 70.3 cm³/mol. The molecule has 0 bridgehead atoms. The van der Waals surface area contributed by atoms with Gasteiger partial charge < -0.3 is 4.74 Å². The van der Waals surface area contributed by atoms with Gasteiger partial charge in [-0.15, -0.1) is 0 Å². The molecule has 1 N–H and O–H groups in total. The summed E-state index contributed by atoms with van der Waals surface area (Å²) < 4.78 is 33.4. The second-order valence-electron chi connectivity index (χ2n) is 5.37. The predicted octanol–water partition coefficient (Wildman–Crippen LogP) is 2.70. The van der Waals surface area contributed by atoms with E-state index in [1.54, 1.807) is 6.07 Å². The maximum atomic E-state index is 13.1. The van der Waals surface area contributed by atoms with Crippen LogP contribution in [0.5, 0.6) is 5.75 Å². The van der Waals surface area contributed by atoms with E-state index in [-0.39, 0.29) is 16.6 Å². The Morgan fingerprint density at radius 3 is 2.83 bits per heavy atom. The van der Waals surface area contributed by atoms with E-state index in [0.29, 0.717) is 12.4 Å². The first-order chi connectivity index (χ1) is 8.38. The van der Waals surface area contributed by atoms with Gasteiger partial charge >= 0.3 is 0 Å². The van der Waals surface area contributed by atoms with Crippen LogP contribution in [0.3, 0.4) is 0 Å². The van der Waals surface area contributed by atoms with Crippen LogP contribution in [-0.4, -0.2) is 15.6 Å². The fourth-order valence-electron chi connectivity index (χ4n) is 1.79. The molecule has 0 amide bonds. The molecular weight excluding hydrogens is 253 g/mol. The first-order valence-corrected chi connectivity index (χ1v) is 7.13. The van der Waals surface area contributed by atoms with E-state index in [2.05, 4.69) is 4.72 Å². The number of fused-ring (bicyclic) bond motifs is 1. The van der Waals surface area contributed by atoms with Gasteiger partial charge in [-0.1, -0.05) is 6.07 Å². The zero-order chi connectivity index (χ0) is 13.3. The van der Waals surface area contributed by atoms with Crippen molar-refractivity contribution in [2.24, 2.45) is 0 Å². The Balaban J connectivity index is 2.21. The molecule has 1 aromatic carbocycles. The van der Waals surface area contributed by atoms with Gasteiger partial charge in [0.15, 0.2) is 0 Å². The summed E-state index contributed by atoms with van der Waals surface area (Å²) in [5.41, 5.74) is 0.875. The van der Waals surface area contributed by atoms with Crippen LogP contribution in [0.2, 0.25) is 0 Å². The third-order valence-corrected chi connectivity index (χ3v) is 4.43. The van der Waals surface area contributed by atoms with Crippen molar-refractivity contribution < 1.29 is 13.3 Å². The Bertz CT molecular complexity index is 471. The van der Waals surface area contributed by atoms with Gasteiger partial charge in [-0.05, 0) is 26.8 Å². The number of hydrogen-bond acceptors (Lipinski definition) is 2. The lowest BCUT2D eigenvalue weighted by Crippen LogP contribution is -2.37. The van der Waals surface area contributed by atoms with E-state index >= 15 is 0 Å². The molecule has 2 rings (SSSR count). The second-order valence-corrected chi connectivity index (χ2v) is 7.37. The van der Waals surface area contributed by atoms with Crippen molar-refractivity contribution in [1.29, 1.82) is 0 Å². The molecule has 0 spiro atoms. The van der Waals surface area contributed by atoms with Gasteiger partial charge in [-0.2, -0.15) is 0 Å². The summed E-state index contributed by atoms with van der Waals surface area (Å²) in [4.78, 5) is 0. The van der Waals surface area contributed by atoms with Crippen LogP contribution in [-0.2, 0) is 11.0 Å². The molecule has 0 fully saturated rings. The van der Waals surface area contributed by atoms with E-state index in [4.69, 9.17) is 4.74 Å². The number of nitrogens with one attached hydrogen (secondary N) is 1. The maximum Gasteiger partial charge on any atom is 0.127 e. The highest BCUT2D eigenvalue weighted by Crippen LogP contribution is 2.33. The molecule has 0 unspecified atom stereocenters. The van der Waals surface area contributed by atoms with Crippen LogP contribution >= 0.6 is 0 Å². The quantitative estimate of drug-likeness (QED) is 0.898. The number of rotatable bonds is 2. The molecule has 1 aromatic rings. The van der Waals surface area contributed by atoms with E-state index in [9.17, 15) is 8.60 Å². The molecule has 0 saturated heterocycles. The summed E-state index contributed by atoms with van der Waals surface area (Å²) >= 11 is 0. The Kier molecular flexibility index (Phi) is 3.73. The van der Waals surface area contributed by atoms with Gasteiger partial charge in [0.25, 0.3) is 0 Å². The van der Waals surface area contributed by atoms with Crippen LogP contribution in [0.1, 0.15) is 38.8 Å². The van der Waals surface area contributed by atoms with Crippen molar-refractivity contribution in [1.82, 2.24) is 4.72 Å². The molecule has 1 heterocycles. The lowest BCUT2D eigenvalue weighted by Gasteiger charge is -2.29. The van der Waals surface area contributed by atoms with Crippen LogP contribution in [0.4, 0.5) is 4.39 Å². The molecule has 3 nitrogen and oxygen atoms in total. The van der Waals surface area contributed by atoms with E-state index in [0.717, 1.165) is 12.0 Å². The van der Waals surface area contributed by atoms with Gasteiger partial charge in [-0.25, -0.2) is 13.3 Å². The van der Waals surface area contributed by atoms with Gasteiger partial charge in [0.05, 0.1) is 28.4 Å². The summed E-state index contributed by atoms with van der Waals surface area (Å²) in [7, 11) is -1.15. The molecule has 18 heavy (non-hydrogen) atoms. The van der Waals surface area contributed by atoms with E-state index in [1.807, 2.05) is 20.8 Å². The molecule has 1 aliphatic rings. The Hall–Kier alpha value is -0.940. The van der Waals surface area contributed by atoms with Gasteiger partial charge in [0.2, 0.25) is 0 Å². The number of hydrogen-bond donors (Lipinski definition) is 1. The number of halogens is 1. The van der Waals surface area contributed by atoms with Gasteiger partial charge in [0.1, 0.15) is 11.6 Å². The van der Waals surface area contributed by atoms with Crippen molar-refractivity contribution in [2.45, 2.75) is 38.0 Å². The standard InChI is InChI=1S/C13H18FNO2S/c1-13(2,3)18(16)15-11-6-7-17-12-8-9(14)4-5-10(11)12/h4-5,8,11,15H,6-7H2,1-3H3/t11-,18+/m0/s1. The summed E-state index contributed by atoms with van der Waals surface area (Å²) in [6.45, 7) is 6.26. The summed E-state index contributed by atoms with van der Waals surface area (Å²) in [6, 6.07) is 4.43. The molecule has 0 saturated carbocycles. The summed E-state index contributed by atoms with van der Waals surface area (Å²) in [5, 5.41) is 0. The normalized spacial score (nSPS) is 21.0. The summed E-state index contributed by atoms with van der Waals surface area (Å²) in [6.07, 6.45) is 0.737. The first kappa shape index (κ1) is 13.5. The summed E-state index contributed by atoms with van der Waals surface area (Å²) in [5.74, 6) is 0.232. The smallest absolute Gasteiger partial charge is 0.127 e. The maximum absolute atomic E-state index is 13.1. The molecule has 0 aromatic heterocycles. The molecule has 0 radical (unpaired) electrons. The highest BCUT2D eigenvalue weighted by atomic mass is 32.2. The second kappa shape index (κ2) is 4.97. The molecular formula is C13H18FNO2S. The average Bonchev–Trinajstić information content (AvgIpc) is 2.27. The largest absolute Gasteiger partial charge is 0.493 e. The fraction of sp³-hybridized carbons (Fsp3) is 0.538. The van der Waals surface area contributed by atoms with Crippen LogP contribution in [0.15, 0.2) is 18.2 Å². The van der Waals surface area contributed by atoms with Crippen molar-refractivity contribution in [2.75, 3.05) is 6.61 Å². The van der Waals surface area contributed by atoms with Crippen LogP contribution in [0, 0.1) is 5.82 Å². The Morgan fingerprint density at radius 2 is 2.17 bits per heavy atom. The zero-order valence-electron chi connectivity index (χ0n) is 10.8. The van der Waals surface area contributed by atoms with Crippen molar-refractivity contribution in [3.05, 3.63) is 29.6 Å². The zero-order valence-corrected chi connectivity index (χ0v) is 11.6. The van der Waals surface area contributed by atoms with E-state index < -0.39 is 11.0 Å². The molecule has 100 valence electrons. The number of ether oxygens (including phenoxy) is 1. The molecule has 1 aliphatic heterocycles. The molecule has 0 aliphatic carbocycles. The minimum atomic E-state index is -1.15. The molecule has 5 heteroatoms. The fourth-order valence-corrected chi connectivity index (χ4v) is 2.65. The highest BCUT2D eigenvalue weighted by molar-refractivity contribution is 7.84. The van der Waals surface area contributed by atoms with Crippen LogP contribution in [0.25, 0.3) is 0 Å². The number of benzene rings is 1. The first-order valence-electron chi connectivity index (χ1n) is 5.98. The van der Waals surface area contributed by atoms with Gasteiger partial charge in [-0.3, -0.25) is 0 Å². The van der Waals surface area contributed by atoms with Crippen molar-refractivity contribution in [3.63, 3.8) is 0 Å². The molecule has 2 atom stereocenters.